The fraction of sp³-hybridized carbons (Fsp3) is 0.400. The SMILES string of the molecule is CC1=[C-]C(C)C=C1.CC1=[C-]CC(C)=C1.[CH2]=[Zr+2].[Cl-].[Cl-]. The molecule has 18 heavy (non-hydrogen) atoms. The first-order valence-corrected chi connectivity index (χ1v) is 7.20. The van der Waals surface area contributed by atoms with E-state index in [4.69, 9.17) is 0 Å². The topological polar surface area (TPSA) is 0 Å². The molecule has 0 saturated heterocycles. The summed E-state index contributed by atoms with van der Waals surface area (Å²) in [5, 5.41) is 0. The maximum Gasteiger partial charge on any atom is -1.00 e. The van der Waals surface area contributed by atoms with Crippen LogP contribution >= 0.6 is 0 Å². The van der Waals surface area contributed by atoms with Gasteiger partial charge in [-0.15, -0.1) is 6.42 Å². The summed E-state index contributed by atoms with van der Waals surface area (Å²) in [6.45, 7) is 8.41. The molecule has 3 heteroatoms. The average molecular weight is 362 g/mol. The van der Waals surface area contributed by atoms with Crippen LogP contribution in [0.4, 0.5) is 0 Å². The Labute approximate surface area is 139 Å². The molecular formula is C15H20Cl2Zr-2. The van der Waals surface area contributed by atoms with E-state index in [9.17, 15) is 0 Å². The minimum Gasteiger partial charge on any atom is -1.00 e. The van der Waals surface area contributed by atoms with Gasteiger partial charge in [-0.3, -0.25) is 12.2 Å². The van der Waals surface area contributed by atoms with Crippen molar-refractivity contribution in [3.05, 3.63) is 47.1 Å². The zero-order valence-electron chi connectivity index (χ0n) is 11.5. The summed E-state index contributed by atoms with van der Waals surface area (Å²) < 4.78 is 3.34. The van der Waals surface area contributed by atoms with E-state index in [0.717, 1.165) is 6.42 Å². The third-order valence-corrected chi connectivity index (χ3v) is 2.20. The van der Waals surface area contributed by atoms with Gasteiger partial charge in [-0.05, 0) is 0 Å². The molecule has 0 radical (unpaired) electrons. The van der Waals surface area contributed by atoms with E-state index in [-0.39, 0.29) is 24.8 Å². The standard InChI is InChI=1S/2C7H9.CH2.2ClH.Zr/c2*1-6-3-4-7(2)5-6;;;;/h5H,3H2,1-2H3;3-4,6H,1-2H3;1H2;2*1H;/q2*-1;;;;+2/p-2. The minimum absolute atomic E-state index is 0. The van der Waals surface area contributed by atoms with Crippen LogP contribution < -0.4 is 24.8 Å². The molecule has 0 amide bonds. The van der Waals surface area contributed by atoms with Gasteiger partial charge in [0.05, 0.1) is 0 Å². The fourth-order valence-electron chi connectivity index (χ4n) is 1.49. The van der Waals surface area contributed by atoms with Crippen LogP contribution in [0.3, 0.4) is 0 Å². The Bertz CT molecular complexity index is 338. The van der Waals surface area contributed by atoms with Gasteiger partial charge in [0.25, 0.3) is 0 Å². The molecule has 1 unspecified atom stereocenters. The Balaban J connectivity index is -0.000000200. The molecule has 0 aromatic heterocycles. The second-order valence-corrected chi connectivity index (χ2v) is 4.00. The Hall–Kier alpha value is 0.293. The van der Waals surface area contributed by atoms with E-state index in [2.05, 4.69) is 62.3 Å². The Morgan fingerprint density at radius 3 is 1.83 bits per heavy atom. The van der Waals surface area contributed by atoms with Crippen molar-refractivity contribution in [2.45, 2.75) is 34.1 Å². The summed E-state index contributed by atoms with van der Waals surface area (Å²) in [7, 11) is 0. The molecule has 0 N–H and O–H groups in total. The molecule has 2 aliphatic carbocycles. The molecule has 0 bridgehead atoms. The van der Waals surface area contributed by atoms with E-state index in [0.29, 0.717) is 5.92 Å². The van der Waals surface area contributed by atoms with E-state index in [1.54, 1.807) is 0 Å². The zero-order chi connectivity index (χ0) is 12.6. The molecule has 1 atom stereocenters. The Morgan fingerprint density at radius 2 is 1.72 bits per heavy atom. The number of halogens is 2. The van der Waals surface area contributed by atoms with Gasteiger partial charge in [0.2, 0.25) is 0 Å². The second-order valence-electron chi connectivity index (χ2n) is 4.00. The van der Waals surface area contributed by atoms with Crippen LogP contribution in [0.25, 0.3) is 0 Å². The Morgan fingerprint density at radius 1 is 1.17 bits per heavy atom. The molecule has 0 aromatic rings. The van der Waals surface area contributed by atoms with Crippen LogP contribution in [0.1, 0.15) is 34.1 Å². The summed E-state index contributed by atoms with van der Waals surface area (Å²) in [6.07, 6.45) is 13.9. The molecule has 0 fully saturated rings. The first-order chi connectivity index (χ1) is 7.58. The van der Waals surface area contributed by atoms with E-state index in [1.165, 1.54) is 41.0 Å². The van der Waals surface area contributed by atoms with Crippen molar-refractivity contribution >= 4 is 4.21 Å². The van der Waals surface area contributed by atoms with Crippen LogP contribution in [0.2, 0.25) is 0 Å². The molecule has 0 aromatic carbocycles. The number of hydrogen-bond acceptors (Lipinski definition) is 0. The van der Waals surface area contributed by atoms with Gasteiger partial charge in [-0.1, -0.05) is 33.6 Å². The molecular weight excluding hydrogens is 342 g/mol. The molecule has 0 saturated carbocycles. The summed E-state index contributed by atoms with van der Waals surface area (Å²) in [5.41, 5.74) is 3.99. The monoisotopic (exact) mass is 360 g/mol. The summed E-state index contributed by atoms with van der Waals surface area (Å²) >= 11 is 1.30. The molecule has 2 aliphatic rings. The van der Waals surface area contributed by atoms with Crippen molar-refractivity contribution in [2.24, 2.45) is 5.92 Å². The van der Waals surface area contributed by atoms with E-state index < -0.39 is 0 Å². The minimum atomic E-state index is 0. The van der Waals surface area contributed by atoms with Crippen molar-refractivity contribution in [1.82, 2.24) is 0 Å². The van der Waals surface area contributed by atoms with Gasteiger partial charge < -0.3 is 24.8 Å². The quantitative estimate of drug-likeness (QED) is 0.438. The fourth-order valence-corrected chi connectivity index (χ4v) is 1.49. The number of hydrogen-bond donors (Lipinski definition) is 0. The predicted molar refractivity (Wildman–Crippen MR) is 68.7 cm³/mol. The summed E-state index contributed by atoms with van der Waals surface area (Å²) in [4.78, 5) is 0. The van der Waals surface area contributed by atoms with Crippen molar-refractivity contribution < 1.29 is 49.0 Å². The van der Waals surface area contributed by atoms with Crippen LogP contribution in [0.15, 0.2) is 34.9 Å². The van der Waals surface area contributed by atoms with Crippen LogP contribution in [-0.2, 0) is 24.2 Å². The molecule has 0 heterocycles. The van der Waals surface area contributed by atoms with Gasteiger partial charge in [-0.2, -0.15) is 11.6 Å². The van der Waals surface area contributed by atoms with Gasteiger partial charge in [0.15, 0.2) is 0 Å². The van der Waals surface area contributed by atoms with Gasteiger partial charge in [0.1, 0.15) is 0 Å². The number of rotatable bonds is 0. The third-order valence-electron chi connectivity index (χ3n) is 2.20. The average Bonchev–Trinajstić information content (AvgIpc) is 2.80. The van der Waals surface area contributed by atoms with Crippen molar-refractivity contribution in [3.8, 4) is 0 Å². The third kappa shape index (κ3) is 11.4. The van der Waals surface area contributed by atoms with Crippen LogP contribution in [0, 0.1) is 18.1 Å². The molecule has 0 nitrogen and oxygen atoms in total. The smallest absolute Gasteiger partial charge is 1.00 e. The van der Waals surface area contributed by atoms with Gasteiger partial charge >= 0.3 is 28.4 Å². The zero-order valence-corrected chi connectivity index (χ0v) is 15.4. The molecule has 2 rings (SSSR count). The normalized spacial score (nSPS) is 18.8. The summed E-state index contributed by atoms with van der Waals surface area (Å²) in [5.74, 6) is 0.556. The summed E-state index contributed by atoms with van der Waals surface area (Å²) in [6, 6.07) is 0. The molecule has 0 spiro atoms. The van der Waals surface area contributed by atoms with Gasteiger partial charge in [-0.25, -0.2) is 23.3 Å². The molecule has 0 aliphatic heterocycles. The molecule has 100 valence electrons. The van der Waals surface area contributed by atoms with Crippen LogP contribution in [0.5, 0.6) is 0 Å². The first kappa shape index (κ1) is 23.4. The predicted octanol–water partition coefficient (Wildman–Crippen LogP) is -2.00. The maximum absolute atomic E-state index is 3.34. The van der Waals surface area contributed by atoms with Crippen molar-refractivity contribution in [1.29, 1.82) is 0 Å². The van der Waals surface area contributed by atoms with Gasteiger partial charge in [0, 0.05) is 0 Å². The van der Waals surface area contributed by atoms with E-state index >= 15 is 0 Å². The van der Waals surface area contributed by atoms with E-state index in [1.807, 2.05) is 0 Å². The van der Waals surface area contributed by atoms with Crippen LogP contribution in [-0.4, -0.2) is 4.21 Å². The Kier molecular flexibility index (Phi) is 17.8. The second kappa shape index (κ2) is 13.7. The van der Waals surface area contributed by atoms with Crippen molar-refractivity contribution in [2.75, 3.05) is 0 Å². The maximum atomic E-state index is 3.34. The first-order valence-electron chi connectivity index (χ1n) is 5.46. The van der Waals surface area contributed by atoms with Crippen molar-refractivity contribution in [3.63, 3.8) is 0 Å². The number of allylic oxidation sites excluding steroid dienone is 8. The largest absolute Gasteiger partial charge is 1.00 e.